The Kier molecular flexibility index (Phi) is 3.68. The molecule has 0 aliphatic carbocycles. The number of carbonyl (C=O) groups is 1. The molecule has 1 rings (SSSR count). The molecule has 0 saturated carbocycles. The predicted molar refractivity (Wildman–Crippen MR) is 61.0 cm³/mol. The molecule has 82 valence electrons. The van der Waals surface area contributed by atoms with Gasteiger partial charge in [-0.15, -0.1) is 0 Å². The predicted octanol–water partition coefficient (Wildman–Crippen LogP) is 1.26. The van der Waals surface area contributed by atoms with Gasteiger partial charge in [0, 0.05) is 23.5 Å². The SMILES string of the molecule is CC(=O)c1cc(NCC(C)O)ccc1N. The van der Waals surface area contributed by atoms with Crippen molar-refractivity contribution in [3.63, 3.8) is 0 Å². The molecule has 0 aromatic heterocycles. The number of aliphatic hydroxyl groups excluding tert-OH is 1. The Morgan fingerprint density at radius 1 is 1.60 bits per heavy atom. The Morgan fingerprint density at radius 2 is 2.27 bits per heavy atom. The summed E-state index contributed by atoms with van der Waals surface area (Å²) in [6.45, 7) is 3.61. The van der Waals surface area contributed by atoms with Gasteiger partial charge in [-0.05, 0) is 32.0 Å². The molecule has 0 fully saturated rings. The summed E-state index contributed by atoms with van der Waals surface area (Å²) in [7, 11) is 0. The molecule has 1 aromatic carbocycles. The first-order chi connectivity index (χ1) is 7.00. The number of rotatable bonds is 4. The number of benzene rings is 1. The highest BCUT2D eigenvalue weighted by molar-refractivity contribution is 5.99. The van der Waals surface area contributed by atoms with Crippen LogP contribution in [0.15, 0.2) is 18.2 Å². The molecule has 15 heavy (non-hydrogen) atoms. The normalized spacial score (nSPS) is 12.2. The third-order valence-electron chi connectivity index (χ3n) is 2.03. The smallest absolute Gasteiger partial charge is 0.161 e. The van der Waals surface area contributed by atoms with E-state index in [-0.39, 0.29) is 5.78 Å². The van der Waals surface area contributed by atoms with Crippen LogP contribution in [0, 0.1) is 0 Å². The van der Waals surface area contributed by atoms with Gasteiger partial charge in [-0.25, -0.2) is 0 Å². The van der Waals surface area contributed by atoms with Gasteiger partial charge in [-0.1, -0.05) is 0 Å². The molecule has 0 heterocycles. The number of nitrogen functional groups attached to an aromatic ring is 1. The largest absolute Gasteiger partial charge is 0.398 e. The van der Waals surface area contributed by atoms with Gasteiger partial charge in [0.1, 0.15) is 0 Å². The van der Waals surface area contributed by atoms with E-state index in [9.17, 15) is 4.79 Å². The first-order valence-corrected chi connectivity index (χ1v) is 4.83. The molecule has 0 saturated heterocycles. The van der Waals surface area contributed by atoms with Gasteiger partial charge >= 0.3 is 0 Å². The van der Waals surface area contributed by atoms with E-state index in [0.717, 1.165) is 5.69 Å². The number of hydrogen-bond donors (Lipinski definition) is 3. The Bertz CT molecular complexity index is 362. The molecule has 4 heteroatoms. The van der Waals surface area contributed by atoms with E-state index in [1.54, 1.807) is 25.1 Å². The number of aliphatic hydroxyl groups is 1. The fourth-order valence-corrected chi connectivity index (χ4v) is 1.24. The van der Waals surface area contributed by atoms with Crippen LogP contribution in [-0.4, -0.2) is 23.5 Å². The van der Waals surface area contributed by atoms with Gasteiger partial charge in [0.05, 0.1) is 6.10 Å². The molecule has 1 aromatic rings. The third kappa shape index (κ3) is 3.25. The van der Waals surface area contributed by atoms with Crippen molar-refractivity contribution in [3.05, 3.63) is 23.8 Å². The molecule has 0 bridgehead atoms. The molecular formula is C11H16N2O2. The average molecular weight is 208 g/mol. The standard InChI is InChI=1S/C11H16N2O2/c1-7(14)6-13-9-3-4-11(12)10(5-9)8(2)15/h3-5,7,13-14H,6,12H2,1-2H3. The Labute approximate surface area is 89.1 Å². The highest BCUT2D eigenvalue weighted by atomic mass is 16.3. The maximum Gasteiger partial charge on any atom is 0.161 e. The van der Waals surface area contributed by atoms with Crippen LogP contribution in [0.4, 0.5) is 11.4 Å². The van der Waals surface area contributed by atoms with Crippen molar-refractivity contribution in [2.45, 2.75) is 20.0 Å². The maximum atomic E-state index is 11.2. The topological polar surface area (TPSA) is 75.3 Å². The second-order valence-electron chi connectivity index (χ2n) is 3.59. The Balaban J connectivity index is 2.83. The van der Waals surface area contributed by atoms with Gasteiger partial charge in [0.2, 0.25) is 0 Å². The first kappa shape index (κ1) is 11.5. The van der Waals surface area contributed by atoms with Crippen molar-refractivity contribution < 1.29 is 9.90 Å². The van der Waals surface area contributed by atoms with Gasteiger partial charge < -0.3 is 16.2 Å². The molecule has 0 aliphatic heterocycles. The Hall–Kier alpha value is -1.55. The molecule has 4 nitrogen and oxygen atoms in total. The zero-order valence-corrected chi connectivity index (χ0v) is 8.95. The van der Waals surface area contributed by atoms with Crippen LogP contribution in [0.1, 0.15) is 24.2 Å². The van der Waals surface area contributed by atoms with E-state index in [1.807, 2.05) is 0 Å². The zero-order chi connectivity index (χ0) is 11.4. The summed E-state index contributed by atoms with van der Waals surface area (Å²) < 4.78 is 0. The lowest BCUT2D eigenvalue weighted by Crippen LogP contribution is -2.15. The van der Waals surface area contributed by atoms with Crippen molar-refractivity contribution in [2.75, 3.05) is 17.6 Å². The van der Waals surface area contributed by atoms with Crippen LogP contribution >= 0.6 is 0 Å². The molecule has 0 spiro atoms. The lowest BCUT2D eigenvalue weighted by Gasteiger charge is -2.10. The van der Waals surface area contributed by atoms with E-state index in [4.69, 9.17) is 10.8 Å². The summed E-state index contributed by atoms with van der Waals surface area (Å²) in [4.78, 5) is 11.2. The van der Waals surface area contributed by atoms with Crippen LogP contribution in [0.5, 0.6) is 0 Å². The fraction of sp³-hybridized carbons (Fsp3) is 0.364. The van der Waals surface area contributed by atoms with Crippen LogP contribution in [0.2, 0.25) is 0 Å². The van der Waals surface area contributed by atoms with Crippen molar-refractivity contribution in [3.8, 4) is 0 Å². The van der Waals surface area contributed by atoms with Gasteiger partial charge in [-0.3, -0.25) is 4.79 Å². The number of ketones is 1. The van der Waals surface area contributed by atoms with Crippen molar-refractivity contribution in [1.29, 1.82) is 0 Å². The van der Waals surface area contributed by atoms with Crippen LogP contribution in [0.25, 0.3) is 0 Å². The van der Waals surface area contributed by atoms with E-state index < -0.39 is 6.10 Å². The monoisotopic (exact) mass is 208 g/mol. The summed E-state index contributed by atoms with van der Waals surface area (Å²) >= 11 is 0. The number of nitrogens with two attached hydrogens (primary N) is 1. The van der Waals surface area contributed by atoms with Crippen LogP contribution in [0.3, 0.4) is 0 Å². The number of Topliss-reactive ketones (excluding diaryl/α,β-unsaturated/α-hetero) is 1. The second-order valence-corrected chi connectivity index (χ2v) is 3.59. The lowest BCUT2D eigenvalue weighted by atomic mass is 10.1. The number of nitrogens with one attached hydrogen (secondary N) is 1. The molecule has 1 unspecified atom stereocenters. The van der Waals surface area contributed by atoms with Gasteiger partial charge in [0.15, 0.2) is 5.78 Å². The molecular weight excluding hydrogens is 192 g/mol. The second kappa shape index (κ2) is 4.79. The van der Waals surface area contributed by atoms with E-state index in [0.29, 0.717) is 17.8 Å². The summed E-state index contributed by atoms with van der Waals surface area (Å²) in [5, 5.41) is 12.1. The molecule has 0 aliphatic rings. The van der Waals surface area contributed by atoms with Crippen molar-refractivity contribution in [1.82, 2.24) is 0 Å². The summed E-state index contributed by atoms with van der Waals surface area (Å²) in [5.74, 6) is -0.0619. The highest BCUT2D eigenvalue weighted by Gasteiger charge is 2.05. The van der Waals surface area contributed by atoms with E-state index >= 15 is 0 Å². The minimum absolute atomic E-state index is 0.0619. The minimum Gasteiger partial charge on any atom is -0.398 e. The third-order valence-corrected chi connectivity index (χ3v) is 2.03. The zero-order valence-electron chi connectivity index (χ0n) is 8.95. The summed E-state index contributed by atoms with van der Waals surface area (Å²) in [5.41, 5.74) is 7.42. The summed E-state index contributed by atoms with van der Waals surface area (Å²) in [6, 6.07) is 5.16. The first-order valence-electron chi connectivity index (χ1n) is 4.83. The fourth-order valence-electron chi connectivity index (χ4n) is 1.24. The van der Waals surface area contributed by atoms with Gasteiger partial charge in [-0.2, -0.15) is 0 Å². The van der Waals surface area contributed by atoms with Crippen LogP contribution in [-0.2, 0) is 0 Å². The highest BCUT2D eigenvalue weighted by Crippen LogP contribution is 2.18. The lowest BCUT2D eigenvalue weighted by molar-refractivity contribution is 0.101. The van der Waals surface area contributed by atoms with Crippen LogP contribution < -0.4 is 11.1 Å². The average Bonchev–Trinajstić information content (AvgIpc) is 2.16. The van der Waals surface area contributed by atoms with Crippen molar-refractivity contribution >= 4 is 17.2 Å². The van der Waals surface area contributed by atoms with Gasteiger partial charge in [0.25, 0.3) is 0 Å². The minimum atomic E-state index is -0.427. The van der Waals surface area contributed by atoms with Crippen molar-refractivity contribution in [2.24, 2.45) is 0 Å². The summed E-state index contributed by atoms with van der Waals surface area (Å²) in [6.07, 6.45) is -0.427. The number of hydrogen-bond acceptors (Lipinski definition) is 4. The molecule has 1 atom stereocenters. The maximum absolute atomic E-state index is 11.2. The number of anilines is 2. The molecule has 0 radical (unpaired) electrons. The quantitative estimate of drug-likeness (QED) is 0.514. The molecule has 0 amide bonds. The Morgan fingerprint density at radius 3 is 2.80 bits per heavy atom. The molecule has 4 N–H and O–H groups in total. The van der Waals surface area contributed by atoms with E-state index in [2.05, 4.69) is 5.32 Å². The van der Waals surface area contributed by atoms with E-state index in [1.165, 1.54) is 6.92 Å². The number of carbonyl (C=O) groups excluding carboxylic acids is 1.